The van der Waals surface area contributed by atoms with Gasteiger partial charge in [0.2, 0.25) is 0 Å². The van der Waals surface area contributed by atoms with Gasteiger partial charge in [0.1, 0.15) is 19.8 Å². The highest BCUT2D eigenvalue weighted by Crippen LogP contribution is 2.43. The molecule has 2 unspecified atom stereocenters. The number of thioether (sulfide) groups is 1. The Hall–Kier alpha value is -0.110. The summed E-state index contributed by atoms with van der Waals surface area (Å²) >= 11 is 1.62. The van der Waals surface area contributed by atoms with Crippen molar-refractivity contribution in [1.29, 1.82) is 0 Å². The summed E-state index contributed by atoms with van der Waals surface area (Å²) < 4.78 is 28.4. The summed E-state index contributed by atoms with van der Waals surface area (Å²) in [4.78, 5) is 11.7. The van der Waals surface area contributed by atoms with Crippen LogP contribution in [0, 0.1) is 5.92 Å². The maximum Gasteiger partial charge on any atom is 0.327 e. The first-order valence-corrected chi connectivity index (χ1v) is 10.8. The average molecular weight is 371 g/mol. The predicted octanol–water partition coefficient (Wildman–Crippen LogP) is 1.42. The summed E-state index contributed by atoms with van der Waals surface area (Å²) in [5, 5.41) is 0. The standard InChI is InChI=1S/C14H32N2O5PS/c1-13(12-23-11-6-15)14(17)19-9-10-21-22(5,18)20-8-7-16(2,3)4/h13H,6-12,15H2,1-5H3/q+1. The maximum atomic E-state index is 12.0. The van der Waals surface area contributed by atoms with Gasteiger partial charge in [0.15, 0.2) is 0 Å². The quantitative estimate of drug-likeness (QED) is 0.227. The van der Waals surface area contributed by atoms with Gasteiger partial charge in [-0.3, -0.25) is 9.36 Å². The van der Waals surface area contributed by atoms with E-state index in [-0.39, 0.29) is 25.1 Å². The largest absolute Gasteiger partial charge is 0.463 e. The van der Waals surface area contributed by atoms with Gasteiger partial charge in [0.05, 0.1) is 33.7 Å². The Morgan fingerprint density at radius 2 is 1.83 bits per heavy atom. The minimum atomic E-state index is -3.10. The van der Waals surface area contributed by atoms with E-state index in [1.54, 1.807) is 11.8 Å². The minimum absolute atomic E-state index is 0.0621. The van der Waals surface area contributed by atoms with Crippen molar-refractivity contribution >= 4 is 25.3 Å². The summed E-state index contributed by atoms with van der Waals surface area (Å²) in [6.45, 7) is 5.05. The van der Waals surface area contributed by atoms with Gasteiger partial charge in [0, 0.05) is 24.7 Å². The number of esters is 1. The molecule has 138 valence electrons. The number of nitrogens with zero attached hydrogens (tertiary/aromatic N) is 1. The van der Waals surface area contributed by atoms with Gasteiger partial charge < -0.3 is 24.0 Å². The second-order valence-corrected chi connectivity index (χ2v) is 9.59. The Bertz CT molecular complexity index is 390. The van der Waals surface area contributed by atoms with Crippen LogP contribution in [0.5, 0.6) is 0 Å². The van der Waals surface area contributed by atoms with Crippen LogP contribution in [0.2, 0.25) is 0 Å². The molecule has 0 heterocycles. The molecule has 0 amide bonds. The molecule has 0 aromatic heterocycles. The van der Waals surface area contributed by atoms with E-state index in [1.165, 1.54) is 6.66 Å². The lowest BCUT2D eigenvalue weighted by Gasteiger charge is -2.24. The molecule has 0 radical (unpaired) electrons. The second-order valence-electron chi connectivity index (χ2n) is 6.38. The van der Waals surface area contributed by atoms with Gasteiger partial charge in [-0.1, -0.05) is 6.92 Å². The number of likely N-dealkylation sites (N-methyl/N-ethyl adjacent to an activating group) is 1. The molecule has 0 aliphatic heterocycles. The van der Waals surface area contributed by atoms with Crippen LogP contribution >= 0.6 is 19.4 Å². The third-order valence-electron chi connectivity index (χ3n) is 2.77. The van der Waals surface area contributed by atoms with Crippen LogP contribution in [0.4, 0.5) is 0 Å². The molecule has 9 heteroatoms. The average Bonchev–Trinajstić information content (AvgIpc) is 2.41. The van der Waals surface area contributed by atoms with Crippen LogP contribution in [0.3, 0.4) is 0 Å². The van der Waals surface area contributed by atoms with Gasteiger partial charge >= 0.3 is 13.6 Å². The molecule has 0 aromatic rings. The number of hydrogen-bond acceptors (Lipinski definition) is 7. The van der Waals surface area contributed by atoms with E-state index in [1.807, 2.05) is 28.1 Å². The van der Waals surface area contributed by atoms with Crippen molar-refractivity contribution in [2.24, 2.45) is 11.7 Å². The fourth-order valence-electron chi connectivity index (χ4n) is 1.42. The van der Waals surface area contributed by atoms with Crippen LogP contribution in [0.25, 0.3) is 0 Å². The van der Waals surface area contributed by atoms with Crippen molar-refractivity contribution in [2.45, 2.75) is 6.92 Å². The Labute approximate surface area is 144 Å². The van der Waals surface area contributed by atoms with Gasteiger partial charge in [-0.25, -0.2) is 0 Å². The molecule has 0 rings (SSSR count). The Morgan fingerprint density at radius 3 is 2.39 bits per heavy atom. The topological polar surface area (TPSA) is 87.9 Å². The zero-order valence-corrected chi connectivity index (χ0v) is 16.7. The van der Waals surface area contributed by atoms with Gasteiger partial charge in [0.25, 0.3) is 0 Å². The third kappa shape index (κ3) is 14.0. The molecule has 0 bridgehead atoms. The maximum absolute atomic E-state index is 12.0. The van der Waals surface area contributed by atoms with Crippen molar-refractivity contribution in [1.82, 2.24) is 0 Å². The second kappa shape index (κ2) is 11.4. The zero-order valence-electron chi connectivity index (χ0n) is 14.9. The van der Waals surface area contributed by atoms with E-state index in [4.69, 9.17) is 19.5 Å². The molecule has 0 aromatic carbocycles. The first-order valence-electron chi connectivity index (χ1n) is 7.69. The van der Waals surface area contributed by atoms with Crippen LogP contribution in [0.1, 0.15) is 6.92 Å². The van der Waals surface area contributed by atoms with Crippen molar-refractivity contribution in [3.63, 3.8) is 0 Å². The Balaban J connectivity index is 3.83. The lowest BCUT2D eigenvalue weighted by Crippen LogP contribution is -2.37. The molecule has 0 spiro atoms. The van der Waals surface area contributed by atoms with Crippen LogP contribution in [0.15, 0.2) is 0 Å². The third-order valence-corrected chi connectivity index (χ3v) is 5.34. The first-order chi connectivity index (χ1) is 10.6. The number of nitrogens with two attached hydrogens (primary N) is 1. The molecular weight excluding hydrogens is 339 g/mol. The van der Waals surface area contributed by atoms with E-state index in [0.29, 0.717) is 18.9 Å². The highest BCUT2D eigenvalue weighted by Gasteiger charge is 2.20. The fourth-order valence-corrected chi connectivity index (χ4v) is 3.13. The molecular formula is C14H32N2O5PS+. The summed E-state index contributed by atoms with van der Waals surface area (Å²) in [5.41, 5.74) is 5.40. The van der Waals surface area contributed by atoms with E-state index in [0.717, 1.165) is 16.8 Å². The van der Waals surface area contributed by atoms with E-state index in [2.05, 4.69) is 0 Å². The van der Waals surface area contributed by atoms with Crippen LogP contribution < -0.4 is 5.73 Å². The molecule has 0 aliphatic rings. The van der Waals surface area contributed by atoms with E-state index < -0.39 is 7.60 Å². The lowest BCUT2D eigenvalue weighted by molar-refractivity contribution is -0.870. The summed E-state index contributed by atoms with van der Waals surface area (Å²) in [5.74, 6) is 1.03. The number of carbonyl (C=O) groups is 1. The van der Waals surface area contributed by atoms with Crippen LogP contribution in [-0.2, 0) is 23.1 Å². The van der Waals surface area contributed by atoms with Crippen molar-refractivity contribution < 1.29 is 27.6 Å². The van der Waals surface area contributed by atoms with Crippen molar-refractivity contribution in [2.75, 3.05) is 72.2 Å². The number of carbonyl (C=O) groups excluding carboxylic acids is 1. The molecule has 2 N–H and O–H groups in total. The monoisotopic (exact) mass is 371 g/mol. The van der Waals surface area contributed by atoms with Crippen molar-refractivity contribution in [3.05, 3.63) is 0 Å². The predicted molar refractivity (Wildman–Crippen MR) is 94.8 cm³/mol. The fraction of sp³-hybridized carbons (Fsp3) is 0.929. The number of rotatable bonds is 13. The smallest absolute Gasteiger partial charge is 0.327 e. The van der Waals surface area contributed by atoms with Crippen molar-refractivity contribution in [3.8, 4) is 0 Å². The van der Waals surface area contributed by atoms with E-state index in [9.17, 15) is 9.36 Å². The SMILES string of the molecule is CC(CSCCN)C(=O)OCCOP(C)(=O)OCC[N+](C)(C)C. The van der Waals surface area contributed by atoms with Crippen LogP contribution in [-0.4, -0.2) is 82.7 Å². The Morgan fingerprint density at radius 1 is 1.22 bits per heavy atom. The van der Waals surface area contributed by atoms with Gasteiger partial charge in [-0.05, 0) is 0 Å². The zero-order chi connectivity index (χ0) is 17.9. The molecule has 2 atom stereocenters. The van der Waals surface area contributed by atoms with Gasteiger partial charge in [-0.2, -0.15) is 11.8 Å². The summed E-state index contributed by atoms with van der Waals surface area (Å²) in [6.07, 6.45) is 0. The Kier molecular flexibility index (Phi) is 11.4. The van der Waals surface area contributed by atoms with E-state index >= 15 is 0 Å². The highest BCUT2D eigenvalue weighted by molar-refractivity contribution is 7.99. The van der Waals surface area contributed by atoms with Gasteiger partial charge in [-0.15, -0.1) is 0 Å². The lowest BCUT2D eigenvalue weighted by atomic mass is 10.2. The molecule has 0 saturated heterocycles. The number of hydrogen-bond donors (Lipinski definition) is 1. The number of ether oxygens (including phenoxy) is 1. The molecule has 23 heavy (non-hydrogen) atoms. The highest BCUT2D eigenvalue weighted by atomic mass is 32.2. The minimum Gasteiger partial charge on any atom is -0.463 e. The molecule has 0 aliphatic carbocycles. The number of quaternary nitrogens is 1. The summed E-state index contributed by atoms with van der Waals surface area (Å²) in [6, 6.07) is 0. The first kappa shape index (κ1) is 22.9. The summed E-state index contributed by atoms with van der Waals surface area (Å²) in [7, 11) is 2.97. The molecule has 0 fully saturated rings. The molecule has 0 saturated carbocycles. The molecule has 7 nitrogen and oxygen atoms in total. The normalized spacial score (nSPS) is 15.9.